The third kappa shape index (κ3) is 7.61. The van der Waals surface area contributed by atoms with Gasteiger partial charge in [-0.15, -0.1) is 0 Å². The molecule has 21 heavy (non-hydrogen) atoms. The molecular weight excluding hydrogens is 261 g/mol. The Morgan fingerprint density at radius 3 is 2.14 bits per heavy atom. The van der Waals surface area contributed by atoms with E-state index in [9.17, 15) is 4.39 Å². The summed E-state index contributed by atoms with van der Waals surface area (Å²) in [7, 11) is 0. The van der Waals surface area contributed by atoms with Crippen LogP contribution in [0.3, 0.4) is 0 Å². The summed E-state index contributed by atoms with van der Waals surface area (Å²) in [6.45, 7) is 6.63. The maximum absolute atomic E-state index is 13.3. The lowest BCUT2D eigenvalue weighted by Gasteiger charge is -2.24. The molecule has 0 spiro atoms. The first-order valence-electron chi connectivity index (χ1n) is 8.68. The molecule has 0 aliphatic heterocycles. The van der Waals surface area contributed by atoms with Crippen LogP contribution in [-0.4, -0.2) is 6.04 Å². The van der Waals surface area contributed by atoms with Crippen LogP contribution in [0.4, 0.5) is 4.39 Å². The van der Waals surface area contributed by atoms with Crippen molar-refractivity contribution < 1.29 is 4.39 Å². The molecule has 0 fully saturated rings. The maximum atomic E-state index is 13.3. The molecule has 1 nitrogen and oxygen atoms in total. The summed E-state index contributed by atoms with van der Waals surface area (Å²) < 4.78 is 13.3. The average Bonchev–Trinajstić information content (AvgIpc) is 2.47. The van der Waals surface area contributed by atoms with E-state index in [1.807, 2.05) is 6.07 Å². The van der Waals surface area contributed by atoms with Gasteiger partial charge in [0.25, 0.3) is 0 Å². The molecule has 0 saturated carbocycles. The standard InChI is InChI=1S/C19H32FN/c1-4-6-8-13-19(14-9-7-5-2)21-16(3)17-11-10-12-18(20)15-17/h10-12,15-16,19,21H,4-9,13-14H2,1-3H3. The fourth-order valence-corrected chi connectivity index (χ4v) is 2.82. The van der Waals surface area contributed by atoms with Crippen molar-refractivity contribution in [2.24, 2.45) is 0 Å². The second kappa shape index (κ2) is 10.8. The van der Waals surface area contributed by atoms with Crippen molar-refractivity contribution in [1.82, 2.24) is 5.32 Å². The summed E-state index contributed by atoms with van der Waals surface area (Å²) in [5.41, 5.74) is 1.05. The Labute approximate surface area is 130 Å². The first-order valence-corrected chi connectivity index (χ1v) is 8.68. The van der Waals surface area contributed by atoms with Crippen LogP contribution < -0.4 is 5.32 Å². The molecule has 0 aliphatic rings. The molecule has 0 aromatic heterocycles. The van der Waals surface area contributed by atoms with Gasteiger partial charge in [0.15, 0.2) is 0 Å². The molecule has 1 N–H and O–H groups in total. The SMILES string of the molecule is CCCCCC(CCCCC)NC(C)c1cccc(F)c1. The Bertz CT molecular complexity index is 368. The van der Waals surface area contributed by atoms with Gasteiger partial charge in [0.05, 0.1) is 0 Å². The Morgan fingerprint density at radius 2 is 1.62 bits per heavy atom. The first kappa shape index (κ1) is 18.2. The maximum Gasteiger partial charge on any atom is 0.123 e. The Balaban J connectivity index is 2.52. The number of halogens is 1. The second-order valence-electron chi connectivity index (χ2n) is 6.13. The predicted octanol–water partition coefficient (Wildman–Crippen LogP) is 6.01. The minimum absolute atomic E-state index is 0.144. The molecule has 2 heteroatoms. The van der Waals surface area contributed by atoms with E-state index in [2.05, 4.69) is 26.1 Å². The first-order chi connectivity index (χ1) is 10.2. The lowest BCUT2D eigenvalue weighted by Crippen LogP contribution is -2.31. The van der Waals surface area contributed by atoms with Crippen molar-refractivity contribution in [3.8, 4) is 0 Å². The van der Waals surface area contributed by atoms with Crippen LogP contribution in [-0.2, 0) is 0 Å². The van der Waals surface area contributed by atoms with Gasteiger partial charge in [0.1, 0.15) is 5.82 Å². The summed E-state index contributed by atoms with van der Waals surface area (Å²) in [4.78, 5) is 0. The number of hydrogen-bond acceptors (Lipinski definition) is 1. The van der Waals surface area contributed by atoms with E-state index in [1.165, 1.54) is 57.4 Å². The highest BCUT2D eigenvalue weighted by molar-refractivity contribution is 5.19. The van der Waals surface area contributed by atoms with Gasteiger partial charge in [-0.25, -0.2) is 4.39 Å². The fraction of sp³-hybridized carbons (Fsp3) is 0.684. The van der Waals surface area contributed by atoms with Gasteiger partial charge < -0.3 is 5.32 Å². The molecule has 0 bridgehead atoms. The molecule has 0 heterocycles. The molecule has 0 radical (unpaired) electrons. The van der Waals surface area contributed by atoms with E-state index in [1.54, 1.807) is 12.1 Å². The van der Waals surface area contributed by atoms with Gasteiger partial charge in [-0.1, -0.05) is 64.5 Å². The van der Waals surface area contributed by atoms with Gasteiger partial charge in [0.2, 0.25) is 0 Å². The zero-order chi connectivity index (χ0) is 15.5. The smallest absolute Gasteiger partial charge is 0.123 e. The number of unbranched alkanes of at least 4 members (excludes halogenated alkanes) is 4. The molecule has 0 saturated heterocycles. The largest absolute Gasteiger partial charge is 0.307 e. The van der Waals surface area contributed by atoms with Crippen molar-refractivity contribution >= 4 is 0 Å². The van der Waals surface area contributed by atoms with E-state index in [0.29, 0.717) is 6.04 Å². The van der Waals surface area contributed by atoms with Crippen LogP contribution in [0.1, 0.15) is 83.7 Å². The summed E-state index contributed by atoms with van der Waals surface area (Å²) in [5, 5.41) is 3.71. The van der Waals surface area contributed by atoms with Gasteiger partial charge in [0, 0.05) is 12.1 Å². The van der Waals surface area contributed by atoms with E-state index < -0.39 is 0 Å². The topological polar surface area (TPSA) is 12.0 Å². The van der Waals surface area contributed by atoms with Crippen LogP contribution in [0.15, 0.2) is 24.3 Å². The van der Waals surface area contributed by atoms with E-state index in [0.717, 1.165) is 5.56 Å². The Morgan fingerprint density at radius 1 is 1.00 bits per heavy atom. The lowest BCUT2D eigenvalue weighted by molar-refractivity contribution is 0.384. The summed E-state index contributed by atoms with van der Waals surface area (Å²) in [6.07, 6.45) is 10.2. The predicted molar refractivity (Wildman–Crippen MR) is 90.0 cm³/mol. The second-order valence-corrected chi connectivity index (χ2v) is 6.13. The third-order valence-electron chi connectivity index (χ3n) is 4.15. The lowest BCUT2D eigenvalue weighted by atomic mass is 9.99. The van der Waals surface area contributed by atoms with Crippen LogP contribution in [0.2, 0.25) is 0 Å². The van der Waals surface area contributed by atoms with Gasteiger partial charge >= 0.3 is 0 Å². The van der Waals surface area contributed by atoms with Crippen LogP contribution in [0.25, 0.3) is 0 Å². The Kier molecular flexibility index (Phi) is 9.32. The Hall–Kier alpha value is -0.890. The highest BCUT2D eigenvalue weighted by atomic mass is 19.1. The van der Waals surface area contributed by atoms with Gasteiger partial charge in [-0.3, -0.25) is 0 Å². The molecule has 1 aromatic carbocycles. The third-order valence-corrected chi connectivity index (χ3v) is 4.15. The molecule has 0 amide bonds. The summed E-state index contributed by atoms with van der Waals surface area (Å²) >= 11 is 0. The number of hydrogen-bond donors (Lipinski definition) is 1. The number of benzene rings is 1. The minimum Gasteiger partial charge on any atom is -0.307 e. The molecular formula is C19H32FN. The number of rotatable bonds is 11. The van der Waals surface area contributed by atoms with Crippen LogP contribution >= 0.6 is 0 Å². The van der Waals surface area contributed by atoms with Crippen molar-refractivity contribution in [2.75, 3.05) is 0 Å². The van der Waals surface area contributed by atoms with Crippen molar-refractivity contribution in [2.45, 2.75) is 84.2 Å². The van der Waals surface area contributed by atoms with E-state index in [-0.39, 0.29) is 11.9 Å². The zero-order valence-electron chi connectivity index (χ0n) is 14.0. The minimum atomic E-state index is -0.144. The van der Waals surface area contributed by atoms with E-state index >= 15 is 0 Å². The van der Waals surface area contributed by atoms with Gasteiger partial charge in [-0.05, 0) is 37.5 Å². The normalized spacial score (nSPS) is 12.8. The molecule has 1 unspecified atom stereocenters. The molecule has 120 valence electrons. The van der Waals surface area contributed by atoms with Crippen molar-refractivity contribution in [3.63, 3.8) is 0 Å². The average molecular weight is 293 g/mol. The van der Waals surface area contributed by atoms with Gasteiger partial charge in [-0.2, -0.15) is 0 Å². The quantitative estimate of drug-likeness (QED) is 0.493. The molecule has 0 aliphatic carbocycles. The summed E-state index contributed by atoms with van der Waals surface area (Å²) in [5.74, 6) is -0.144. The zero-order valence-corrected chi connectivity index (χ0v) is 14.0. The highest BCUT2D eigenvalue weighted by Crippen LogP contribution is 2.18. The highest BCUT2D eigenvalue weighted by Gasteiger charge is 2.13. The van der Waals surface area contributed by atoms with Crippen molar-refractivity contribution in [3.05, 3.63) is 35.6 Å². The molecule has 1 aromatic rings. The van der Waals surface area contributed by atoms with E-state index in [4.69, 9.17) is 0 Å². The number of nitrogens with one attached hydrogen (secondary N) is 1. The van der Waals surface area contributed by atoms with Crippen LogP contribution in [0.5, 0.6) is 0 Å². The van der Waals surface area contributed by atoms with Crippen molar-refractivity contribution in [1.29, 1.82) is 0 Å². The molecule has 1 rings (SSSR count). The summed E-state index contributed by atoms with van der Waals surface area (Å²) in [6, 6.07) is 7.74. The van der Waals surface area contributed by atoms with Crippen LogP contribution in [0, 0.1) is 5.82 Å². The monoisotopic (exact) mass is 293 g/mol. The fourth-order valence-electron chi connectivity index (χ4n) is 2.82. The molecule has 1 atom stereocenters.